The molecule has 6 heteroatoms. The Bertz CT molecular complexity index is 525. The second-order valence-corrected chi connectivity index (χ2v) is 5.33. The summed E-state index contributed by atoms with van der Waals surface area (Å²) in [6, 6.07) is 6.64. The minimum atomic E-state index is -0.413. The molecule has 1 aliphatic rings. The third-order valence-corrected chi connectivity index (χ3v) is 3.73. The molecule has 1 aliphatic heterocycles. The Balaban J connectivity index is 1.91. The molecule has 1 saturated heterocycles. The molecule has 0 saturated carbocycles. The van der Waals surface area contributed by atoms with E-state index in [9.17, 15) is 9.59 Å². The Morgan fingerprint density at radius 2 is 1.95 bits per heavy atom. The molecular formula is C16H23N3O3. The number of carbonyl (C=O) groups is 2. The number of benzene rings is 1. The molecule has 2 rings (SSSR count). The molecule has 0 aliphatic carbocycles. The van der Waals surface area contributed by atoms with Crippen molar-refractivity contribution in [3.05, 3.63) is 29.8 Å². The highest BCUT2D eigenvalue weighted by Gasteiger charge is 2.20. The Labute approximate surface area is 131 Å². The summed E-state index contributed by atoms with van der Waals surface area (Å²) in [6.07, 6.45) is 1.13. The molecule has 1 aromatic carbocycles. The number of methoxy groups -OCH3 is 1. The van der Waals surface area contributed by atoms with Gasteiger partial charge in [-0.3, -0.25) is 4.90 Å². The van der Waals surface area contributed by atoms with Crippen molar-refractivity contribution in [2.45, 2.75) is 13.3 Å². The second kappa shape index (κ2) is 7.79. The lowest BCUT2D eigenvalue weighted by atomic mass is 10.2. The van der Waals surface area contributed by atoms with Crippen molar-refractivity contribution >= 4 is 17.7 Å². The van der Waals surface area contributed by atoms with Crippen LogP contribution in [0.1, 0.15) is 23.7 Å². The number of rotatable bonds is 4. The molecular weight excluding hydrogens is 282 g/mol. The average Bonchev–Trinajstić information content (AvgIpc) is 2.55. The van der Waals surface area contributed by atoms with Gasteiger partial charge in [-0.2, -0.15) is 0 Å². The molecule has 1 heterocycles. The van der Waals surface area contributed by atoms with Crippen LogP contribution in [0.2, 0.25) is 0 Å². The zero-order chi connectivity index (χ0) is 15.9. The molecule has 1 N–H and O–H groups in total. The summed E-state index contributed by atoms with van der Waals surface area (Å²) in [4.78, 5) is 27.9. The van der Waals surface area contributed by atoms with Crippen molar-refractivity contribution in [1.29, 1.82) is 0 Å². The van der Waals surface area contributed by atoms with Gasteiger partial charge in [-0.1, -0.05) is 13.0 Å². The van der Waals surface area contributed by atoms with Crippen LogP contribution in [-0.2, 0) is 4.74 Å². The minimum absolute atomic E-state index is 0.127. The molecule has 0 spiro atoms. The molecule has 0 bridgehead atoms. The first-order chi connectivity index (χ1) is 10.6. The number of ether oxygens (including phenoxy) is 1. The summed E-state index contributed by atoms with van der Waals surface area (Å²) in [6.45, 7) is 6.50. The lowest BCUT2D eigenvalue weighted by Gasteiger charge is -2.34. The SMILES string of the molecule is CCCN1CCN(C(=O)Nc2cccc(C(=O)OC)c2)CC1. The molecule has 2 amide bonds. The van der Waals surface area contributed by atoms with Gasteiger partial charge in [0.1, 0.15) is 0 Å². The molecule has 22 heavy (non-hydrogen) atoms. The van der Waals surface area contributed by atoms with Gasteiger partial charge in [0.15, 0.2) is 0 Å². The lowest BCUT2D eigenvalue weighted by Crippen LogP contribution is -2.50. The Morgan fingerprint density at radius 3 is 2.59 bits per heavy atom. The maximum absolute atomic E-state index is 12.3. The lowest BCUT2D eigenvalue weighted by molar-refractivity contribution is 0.0600. The molecule has 1 fully saturated rings. The van der Waals surface area contributed by atoms with E-state index in [2.05, 4.69) is 21.9 Å². The van der Waals surface area contributed by atoms with Gasteiger partial charge < -0.3 is 15.0 Å². The van der Waals surface area contributed by atoms with Gasteiger partial charge in [-0.25, -0.2) is 9.59 Å². The van der Waals surface area contributed by atoms with Crippen LogP contribution in [0, 0.1) is 0 Å². The number of amides is 2. The van der Waals surface area contributed by atoms with Crippen LogP contribution in [0.25, 0.3) is 0 Å². The van der Waals surface area contributed by atoms with E-state index >= 15 is 0 Å². The first kappa shape index (κ1) is 16.3. The van der Waals surface area contributed by atoms with Crippen molar-refractivity contribution in [2.24, 2.45) is 0 Å². The zero-order valence-corrected chi connectivity index (χ0v) is 13.2. The maximum Gasteiger partial charge on any atom is 0.337 e. The summed E-state index contributed by atoms with van der Waals surface area (Å²) < 4.78 is 4.68. The highest BCUT2D eigenvalue weighted by molar-refractivity contribution is 5.93. The van der Waals surface area contributed by atoms with E-state index in [1.165, 1.54) is 7.11 Å². The maximum atomic E-state index is 12.3. The van der Waals surface area contributed by atoms with Crippen molar-refractivity contribution in [3.63, 3.8) is 0 Å². The average molecular weight is 305 g/mol. The smallest absolute Gasteiger partial charge is 0.337 e. The van der Waals surface area contributed by atoms with Crippen molar-refractivity contribution in [3.8, 4) is 0 Å². The number of nitrogens with zero attached hydrogens (tertiary/aromatic N) is 2. The number of anilines is 1. The number of hydrogen-bond acceptors (Lipinski definition) is 4. The molecule has 120 valence electrons. The van der Waals surface area contributed by atoms with Crippen LogP contribution < -0.4 is 5.32 Å². The van der Waals surface area contributed by atoms with Crippen LogP contribution in [0.3, 0.4) is 0 Å². The highest BCUT2D eigenvalue weighted by Crippen LogP contribution is 2.13. The fraction of sp³-hybridized carbons (Fsp3) is 0.500. The van der Waals surface area contributed by atoms with Gasteiger partial charge in [-0.15, -0.1) is 0 Å². The monoisotopic (exact) mass is 305 g/mol. The predicted octanol–water partition coefficient (Wildman–Crippen LogP) is 2.03. The van der Waals surface area contributed by atoms with Gasteiger partial charge in [0, 0.05) is 31.9 Å². The summed E-state index contributed by atoms with van der Waals surface area (Å²) >= 11 is 0. The minimum Gasteiger partial charge on any atom is -0.465 e. The summed E-state index contributed by atoms with van der Waals surface area (Å²) in [5.74, 6) is -0.413. The second-order valence-electron chi connectivity index (χ2n) is 5.33. The largest absolute Gasteiger partial charge is 0.465 e. The number of hydrogen-bond donors (Lipinski definition) is 1. The van der Waals surface area contributed by atoms with Gasteiger partial charge in [-0.05, 0) is 31.2 Å². The van der Waals surface area contributed by atoms with Crippen LogP contribution in [0.4, 0.5) is 10.5 Å². The third-order valence-electron chi connectivity index (χ3n) is 3.73. The standard InChI is InChI=1S/C16H23N3O3/c1-3-7-18-8-10-19(11-9-18)16(21)17-14-6-4-5-13(12-14)15(20)22-2/h4-6,12H,3,7-11H2,1-2H3,(H,17,21). The van der Waals surface area contributed by atoms with Crippen molar-refractivity contribution in [2.75, 3.05) is 45.2 Å². The fourth-order valence-electron chi connectivity index (χ4n) is 2.54. The van der Waals surface area contributed by atoms with Crippen LogP contribution >= 0.6 is 0 Å². The normalized spacial score (nSPS) is 15.5. The van der Waals surface area contributed by atoms with E-state index in [-0.39, 0.29) is 6.03 Å². The van der Waals surface area contributed by atoms with E-state index in [1.54, 1.807) is 29.2 Å². The Morgan fingerprint density at radius 1 is 1.23 bits per heavy atom. The topological polar surface area (TPSA) is 61.9 Å². The Kier molecular flexibility index (Phi) is 5.77. The summed E-state index contributed by atoms with van der Waals surface area (Å²) in [7, 11) is 1.34. The molecule has 0 radical (unpaired) electrons. The number of piperazine rings is 1. The Hall–Kier alpha value is -2.08. The van der Waals surface area contributed by atoms with Crippen LogP contribution in [-0.4, -0.2) is 61.6 Å². The quantitative estimate of drug-likeness (QED) is 0.865. The van der Waals surface area contributed by atoms with Gasteiger partial charge >= 0.3 is 12.0 Å². The third kappa shape index (κ3) is 4.21. The number of carbonyl (C=O) groups excluding carboxylic acids is 2. The first-order valence-electron chi connectivity index (χ1n) is 7.60. The van der Waals surface area contributed by atoms with E-state index in [0.29, 0.717) is 11.3 Å². The van der Waals surface area contributed by atoms with E-state index in [4.69, 9.17) is 0 Å². The molecule has 0 unspecified atom stereocenters. The van der Waals surface area contributed by atoms with E-state index in [0.717, 1.165) is 39.1 Å². The molecule has 6 nitrogen and oxygen atoms in total. The van der Waals surface area contributed by atoms with Crippen molar-refractivity contribution < 1.29 is 14.3 Å². The van der Waals surface area contributed by atoms with Crippen LogP contribution in [0.5, 0.6) is 0 Å². The number of urea groups is 1. The van der Waals surface area contributed by atoms with E-state index in [1.807, 2.05) is 0 Å². The van der Waals surface area contributed by atoms with Crippen molar-refractivity contribution in [1.82, 2.24) is 9.80 Å². The van der Waals surface area contributed by atoms with Gasteiger partial charge in [0.05, 0.1) is 12.7 Å². The number of nitrogens with one attached hydrogen (secondary N) is 1. The highest BCUT2D eigenvalue weighted by atomic mass is 16.5. The predicted molar refractivity (Wildman–Crippen MR) is 85.1 cm³/mol. The summed E-state index contributed by atoms with van der Waals surface area (Å²) in [5.41, 5.74) is 1.02. The van der Waals surface area contributed by atoms with Gasteiger partial charge in [0.25, 0.3) is 0 Å². The number of esters is 1. The molecule has 0 aromatic heterocycles. The molecule has 0 atom stereocenters. The zero-order valence-electron chi connectivity index (χ0n) is 13.2. The first-order valence-corrected chi connectivity index (χ1v) is 7.60. The molecule has 1 aromatic rings. The summed E-state index contributed by atoms with van der Waals surface area (Å²) in [5, 5.41) is 2.84. The fourth-order valence-corrected chi connectivity index (χ4v) is 2.54. The van der Waals surface area contributed by atoms with Gasteiger partial charge in [0.2, 0.25) is 0 Å². The van der Waals surface area contributed by atoms with E-state index < -0.39 is 5.97 Å². The van der Waals surface area contributed by atoms with Crippen LogP contribution in [0.15, 0.2) is 24.3 Å².